The molecule has 4 heteroatoms. The summed E-state index contributed by atoms with van der Waals surface area (Å²) >= 11 is 5.20. The van der Waals surface area contributed by atoms with E-state index in [0.29, 0.717) is 12.0 Å². The van der Waals surface area contributed by atoms with Crippen LogP contribution >= 0.6 is 27.3 Å². The number of nitrogens with one attached hydrogen (secondary N) is 1. The van der Waals surface area contributed by atoms with Crippen molar-refractivity contribution in [3.63, 3.8) is 0 Å². The lowest BCUT2D eigenvalue weighted by atomic mass is 10.0. The van der Waals surface area contributed by atoms with E-state index in [4.69, 9.17) is 5.73 Å². The van der Waals surface area contributed by atoms with Crippen LogP contribution in [0.1, 0.15) is 24.8 Å². The molecule has 0 saturated heterocycles. The molecule has 1 atom stereocenters. The zero-order valence-corrected chi connectivity index (χ0v) is 12.9. The minimum absolute atomic E-state index is 0.300. The molecule has 2 nitrogen and oxygen atoms in total. The molecule has 0 amide bonds. The summed E-state index contributed by atoms with van der Waals surface area (Å²) in [6.45, 7) is 4.43. The third kappa shape index (κ3) is 3.06. The molecule has 0 fully saturated rings. The van der Waals surface area contributed by atoms with Crippen molar-refractivity contribution in [1.29, 1.82) is 0 Å². The van der Waals surface area contributed by atoms with Gasteiger partial charge in [-0.3, -0.25) is 0 Å². The molecule has 2 aromatic rings. The number of nitrogens with two attached hydrogens (primary N) is 1. The van der Waals surface area contributed by atoms with Crippen LogP contribution in [0.4, 0.5) is 11.4 Å². The largest absolute Gasteiger partial charge is 0.397 e. The van der Waals surface area contributed by atoms with E-state index < -0.39 is 0 Å². The molecule has 0 aliphatic rings. The predicted molar refractivity (Wildman–Crippen MR) is 84.1 cm³/mol. The van der Waals surface area contributed by atoms with Gasteiger partial charge in [-0.05, 0) is 35.6 Å². The first-order valence-corrected chi connectivity index (χ1v) is 7.60. The van der Waals surface area contributed by atoms with Crippen molar-refractivity contribution in [3.8, 4) is 0 Å². The maximum atomic E-state index is 6.03. The summed E-state index contributed by atoms with van der Waals surface area (Å²) in [6, 6.07) is 10.5. The fraction of sp³-hybridized carbons (Fsp3) is 0.286. The van der Waals surface area contributed by atoms with E-state index in [1.165, 1.54) is 4.88 Å². The average molecular weight is 325 g/mol. The minimum Gasteiger partial charge on any atom is -0.397 e. The number of hydrogen-bond acceptors (Lipinski definition) is 3. The Bertz CT molecular complexity index is 509. The van der Waals surface area contributed by atoms with E-state index in [-0.39, 0.29) is 0 Å². The molecule has 1 unspecified atom stereocenters. The number of anilines is 2. The van der Waals surface area contributed by atoms with Crippen LogP contribution in [0.2, 0.25) is 0 Å². The SMILES string of the molecule is CC(C)C(Nc1ccc(Br)cc1N)c1cccs1. The van der Waals surface area contributed by atoms with Crippen molar-refractivity contribution in [2.45, 2.75) is 19.9 Å². The normalized spacial score (nSPS) is 12.7. The summed E-state index contributed by atoms with van der Waals surface area (Å²) in [7, 11) is 0. The minimum atomic E-state index is 0.300. The first-order chi connectivity index (χ1) is 8.58. The quantitative estimate of drug-likeness (QED) is 0.785. The van der Waals surface area contributed by atoms with Crippen LogP contribution in [0.25, 0.3) is 0 Å². The summed E-state index contributed by atoms with van der Waals surface area (Å²) in [5, 5.41) is 5.65. The number of nitrogen functional groups attached to an aromatic ring is 1. The number of benzene rings is 1. The third-order valence-electron chi connectivity index (χ3n) is 2.84. The Morgan fingerprint density at radius 2 is 2.06 bits per heavy atom. The van der Waals surface area contributed by atoms with E-state index in [1.54, 1.807) is 11.3 Å². The van der Waals surface area contributed by atoms with Gasteiger partial charge in [0.25, 0.3) is 0 Å². The number of rotatable bonds is 4. The Morgan fingerprint density at radius 3 is 2.61 bits per heavy atom. The van der Waals surface area contributed by atoms with Crippen molar-refractivity contribution in [1.82, 2.24) is 0 Å². The maximum absolute atomic E-state index is 6.03. The van der Waals surface area contributed by atoms with Crippen LogP contribution in [-0.2, 0) is 0 Å². The third-order valence-corrected chi connectivity index (χ3v) is 4.29. The number of thiophene rings is 1. The van der Waals surface area contributed by atoms with Gasteiger partial charge in [0.1, 0.15) is 0 Å². The highest BCUT2D eigenvalue weighted by molar-refractivity contribution is 9.10. The molecule has 0 aliphatic carbocycles. The second kappa shape index (κ2) is 5.76. The topological polar surface area (TPSA) is 38.0 Å². The second-order valence-corrected chi connectivity index (χ2v) is 6.51. The summed E-state index contributed by atoms with van der Waals surface area (Å²) < 4.78 is 1.00. The Kier molecular flexibility index (Phi) is 4.30. The summed E-state index contributed by atoms with van der Waals surface area (Å²) in [6.07, 6.45) is 0. The van der Waals surface area contributed by atoms with Crippen molar-refractivity contribution in [3.05, 3.63) is 45.1 Å². The molecule has 1 aromatic carbocycles. The summed E-state index contributed by atoms with van der Waals surface area (Å²) in [5.41, 5.74) is 7.80. The molecule has 0 bridgehead atoms. The van der Waals surface area contributed by atoms with Crippen LogP contribution in [0, 0.1) is 5.92 Å². The molecule has 2 rings (SSSR count). The van der Waals surface area contributed by atoms with E-state index in [1.807, 2.05) is 18.2 Å². The molecular formula is C14H17BrN2S. The van der Waals surface area contributed by atoms with Gasteiger partial charge in [0, 0.05) is 9.35 Å². The smallest absolute Gasteiger partial charge is 0.0630 e. The lowest BCUT2D eigenvalue weighted by Crippen LogP contribution is -2.16. The fourth-order valence-electron chi connectivity index (χ4n) is 1.87. The Morgan fingerprint density at radius 1 is 1.28 bits per heavy atom. The van der Waals surface area contributed by atoms with E-state index in [2.05, 4.69) is 52.6 Å². The molecule has 18 heavy (non-hydrogen) atoms. The zero-order chi connectivity index (χ0) is 13.1. The molecule has 0 aliphatic heterocycles. The number of halogens is 1. The average Bonchev–Trinajstić information content (AvgIpc) is 2.80. The first-order valence-electron chi connectivity index (χ1n) is 5.93. The van der Waals surface area contributed by atoms with E-state index in [9.17, 15) is 0 Å². The summed E-state index contributed by atoms with van der Waals surface area (Å²) in [4.78, 5) is 1.34. The van der Waals surface area contributed by atoms with Gasteiger partial charge >= 0.3 is 0 Å². The van der Waals surface area contributed by atoms with Crippen molar-refractivity contribution < 1.29 is 0 Å². The molecule has 0 radical (unpaired) electrons. The van der Waals surface area contributed by atoms with E-state index in [0.717, 1.165) is 15.8 Å². The number of hydrogen-bond donors (Lipinski definition) is 2. The van der Waals surface area contributed by atoms with Crippen molar-refractivity contribution in [2.75, 3.05) is 11.1 Å². The maximum Gasteiger partial charge on any atom is 0.0630 e. The molecular weight excluding hydrogens is 308 g/mol. The van der Waals surface area contributed by atoms with Gasteiger partial charge in [0.15, 0.2) is 0 Å². The Hall–Kier alpha value is -1.00. The van der Waals surface area contributed by atoms with Crippen LogP contribution in [-0.4, -0.2) is 0 Å². The highest BCUT2D eigenvalue weighted by Gasteiger charge is 2.17. The van der Waals surface area contributed by atoms with Gasteiger partial charge in [0.05, 0.1) is 17.4 Å². The van der Waals surface area contributed by atoms with Gasteiger partial charge < -0.3 is 11.1 Å². The lowest BCUT2D eigenvalue weighted by Gasteiger charge is -2.23. The van der Waals surface area contributed by atoms with Gasteiger partial charge in [-0.1, -0.05) is 35.8 Å². The zero-order valence-electron chi connectivity index (χ0n) is 10.5. The van der Waals surface area contributed by atoms with Crippen molar-refractivity contribution >= 4 is 38.6 Å². The van der Waals surface area contributed by atoms with E-state index >= 15 is 0 Å². The second-order valence-electron chi connectivity index (χ2n) is 4.61. The van der Waals surface area contributed by atoms with Gasteiger partial charge in [0.2, 0.25) is 0 Å². The van der Waals surface area contributed by atoms with Crippen LogP contribution in [0.15, 0.2) is 40.2 Å². The van der Waals surface area contributed by atoms with Gasteiger partial charge in [-0.25, -0.2) is 0 Å². The molecule has 1 heterocycles. The molecule has 1 aromatic heterocycles. The van der Waals surface area contributed by atoms with Crippen LogP contribution in [0.3, 0.4) is 0 Å². The molecule has 0 saturated carbocycles. The Labute approximate surface area is 120 Å². The Balaban J connectivity index is 2.24. The molecule has 96 valence electrons. The predicted octanol–water partition coefficient (Wildman–Crippen LogP) is 4.90. The lowest BCUT2D eigenvalue weighted by molar-refractivity contribution is 0.554. The van der Waals surface area contributed by atoms with Gasteiger partial charge in [-0.2, -0.15) is 0 Å². The first kappa shape index (κ1) is 13.4. The summed E-state index contributed by atoms with van der Waals surface area (Å²) in [5.74, 6) is 0.506. The fourth-order valence-corrected chi connectivity index (χ4v) is 3.20. The molecule has 0 spiro atoms. The van der Waals surface area contributed by atoms with Crippen LogP contribution < -0.4 is 11.1 Å². The highest BCUT2D eigenvalue weighted by atomic mass is 79.9. The van der Waals surface area contributed by atoms with Gasteiger partial charge in [-0.15, -0.1) is 11.3 Å². The molecule has 3 N–H and O–H groups in total. The van der Waals surface area contributed by atoms with Crippen LogP contribution in [0.5, 0.6) is 0 Å². The van der Waals surface area contributed by atoms with Crippen molar-refractivity contribution in [2.24, 2.45) is 5.92 Å². The monoisotopic (exact) mass is 324 g/mol. The highest BCUT2D eigenvalue weighted by Crippen LogP contribution is 2.32. The standard InChI is InChI=1S/C14H17BrN2S/c1-9(2)14(13-4-3-7-18-13)17-12-6-5-10(15)8-11(12)16/h3-9,14,17H,16H2,1-2H3.